The maximum Gasteiger partial charge on any atom is 0.238 e. The lowest BCUT2D eigenvalue weighted by atomic mass is 9.85. The first kappa shape index (κ1) is 23.5. The Kier molecular flexibility index (Phi) is 5.78. The molecule has 1 amide bonds. The van der Waals surface area contributed by atoms with E-state index in [4.69, 9.17) is 4.98 Å². The minimum Gasteiger partial charge on any atom is -0.383 e. The predicted molar refractivity (Wildman–Crippen MR) is 154 cm³/mol. The highest BCUT2D eigenvalue weighted by Crippen LogP contribution is 2.39. The molecule has 2 heterocycles. The minimum atomic E-state index is -0.158. The first-order chi connectivity index (χ1) is 19.2. The Bertz CT molecular complexity index is 1790. The summed E-state index contributed by atoms with van der Waals surface area (Å²) >= 11 is 0. The second-order valence-corrected chi connectivity index (χ2v) is 10.1. The second-order valence-electron chi connectivity index (χ2n) is 10.1. The van der Waals surface area contributed by atoms with Crippen LogP contribution < -0.4 is 16.0 Å². The number of ketones is 1. The Morgan fingerprint density at radius 1 is 0.897 bits per heavy atom. The first-order valence-electron chi connectivity index (χ1n) is 13.4. The number of pyridine rings is 2. The second kappa shape index (κ2) is 9.60. The number of nitrogens with zero attached hydrogens (tertiary/aromatic N) is 2. The monoisotopic (exact) mass is 513 g/mol. The van der Waals surface area contributed by atoms with Gasteiger partial charge in [0.1, 0.15) is 0 Å². The fourth-order valence-electron chi connectivity index (χ4n) is 5.88. The SMILES string of the molecule is O=C(CNCCNc1c2c(nc3ccccc13)CCC2)Nc1ccc2c(c1)C(=O)c1cccc3ccnc-2c13. The fourth-order valence-corrected chi connectivity index (χ4v) is 5.88. The number of hydrogen-bond acceptors (Lipinski definition) is 6. The van der Waals surface area contributed by atoms with E-state index in [1.807, 2.05) is 48.5 Å². The maximum absolute atomic E-state index is 13.3. The predicted octanol–water partition coefficient (Wildman–Crippen LogP) is 5.12. The van der Waals surface area contributed by atoms with Crippen molar-refractivity contribution in [1.82, 2.24) is 15.3 Å². The summed E-state index contributed by atoms with van der Waals surface area (Å²) in [5.74, 6) is -0.208. The molecule has 0 saturated heterocycles. The smallest absolute Gasteiger partial charge is 0.238 e. The van der Waals surface area contributed by atoms with Gasteiger partial charge in [-0.25, -0.2) is 0 Å². The Hall–Kier alpha value is -4.62. The summed E-state index contributed by atoms with van der Waals surface area (Å²) in [4.78, 5) is 35.4. The Balaban J connectivity index is 0.992. The zero-order chi connectivity index (χ0) is 26.3. The molecule has 2 aromatic heterocycles. The number of aryl methyl sites for hydroxylation is 1. The lowest BCUT2D eigenvalue weighted by Gasteiger charge is -2.19. The van der Waals surface area contributed by atoms with Gasteiger partial charge >= 0.3 is 0 Å². The normalized spacial score (nSPS) is 13.4. The summed E-state index contributed by atoms with van der Waals surface area (Å²) in [6.07, 6.45) is 4.98. The molecule has 0 saturated carbocycles. The molecule has 7 nitrogen and oxygen atoms in total. The summed E-state index contributed by atoms with van der Waals surface area (Å²) < 4.78 is 0. The summed E-state index contributed by atoms with van der Waals surface area (Å²) in [5.41, 5.74) is 8.10. The molecule has 0 unspecified atom stereocenters. The van der Waals surface area contributed by atoms with Crippen molar-refractivity contribution in [2.45, 2.75) is 19.3 Å². The van der Waals surface area contributed by atoms with Crippen LogP contribution in [0.4, 0.5) is 11.4 Å². The molecule has 0 radical (unpaired) electrons. The van der Waals surface area contributed by atoms with Crippen molar-refractivity contribution in [3.63, 3.8) is 0 Å². The first-order valence-corrected chi connectivity index (χ1v) is 13.4. The average Bonchev–Trinajstić information content (AvgIpc) is 3.43. The fraction of sp³-hybridized carbons (Fsp3) is 0.188. The van der Waals surface area contributed by atoms with Crippen LogP contribution in [-0.2, 0) is 17.6 Å². The molecule has 3 N–H and O–H groups in total. The van der Waals surface area contributed by atoms with Crippen LogP contribution in [0.2, 0.25) is 0 Å². The van der Waals surface area contributed by atoms with E-state index in [2.05, 4.69) is 33.1 Å². The number of carbonyl (C=O) groups is 2. The number of rotatable bonds is 7. The molecule has 3 aromatic carbocycles. The zero-order valence-electron chi connectivity index (χ0n) is 21.4. The van der Waals surface area contributed by atoms with Gasteiger partial charge in [0.2, 0.25) is 5.91 Å². The third-order valence-corrected chi connectivity index (χ3v) is 7.65. The molecule has 0 bridgehead atoms. The third kappa shape index (κ3) is 4.11. The van der Waals surface area contributed by atoms with Crippen LogP contribution in [0.15, 0.2) is 72.9 Å². The van der Waals surface area contributed by atoms with Gasteiger partial charge in [0.05, 0.1) is 17.8 Å². The van der Waals surface area contributed by atoms with Crippen LogP contribution >= 0.6 is 0 Å². The van der Waals surface area contributed by atoms with E-state index in [0.717, 1.165) is 52.2 Å². The Labute approximate surface area is 225 Å². The highest BCUT2D eigenvalue weighted by molar-refractivity contribution is 6.25. The third-order valence-electron chi connectivity index (χ3n) is 7.65. The van der Waals surface area contributed by atoms with Gasteiger partial charge in [-0.2, -0.15) is 0 Å². The van der Waals surface area contributed by atoms with Crippen LogP contribution in [0.1, 0.15) is 33.6 Å². The van der Waals surface area contributed by atoms with Crippen molar-refractivity contribution >= 4 is 44.7 Å². The van der Waals surface area contributed by atoms with Gasteiger partial charge in [-0.3, -0.25) is 19.6 Å². The molecule has 0 spiro atoms. The summed E-state index contributed by atoms with van der Waals surface area (Å²) in [7, 11) is 0. The zero-order valence-corrected chi connectivity index (χ0v) is 21.4. The minimum absolute atomic E-state index is 0.0495. The highest BCUT2D eigenvalue weighted by atomic mass is 16.2. The number of aromatic nitrogens is 2. The number of carbonyl (C=O) groups excluding carboxylic acids is 2. The van der Waals surface area contributed by atoms with Crippen molar-refractivity contribution in [3.05, 3.63) is 95.3 Å². The van der Waals surface area contributed by atoms with E-state index in [1.54, 1.807) is 12.3 Å². The topological polar surface area (TPSA) is 96.0 Å². The molecule has 7 heteroatoms. The number of anilines is 2. The lowest BCUT2D eigenvalue weighted by Crippen LogP contribution is -2.31. The van der Waals surface area contributed by atoms with Gasteiger partial charge in [0.25, 0.3) is 0 Å². The van der Waals surface area contributed by atoms with Crippen LogP contribution in [0.3, 0.4) is 0 Å². The molecular weight excluding hydrogens is 486 g/mol. The van der Waals surface area contributed by atoms with Crippen LogP contribution in [0.25, 0.3) is 32.9 Å². The number of hydrogen-bond donors (Lipinski definition) is 3. The largest absolute Gasteiger partial charge is 0.383 e. The van der Waals surface area contributed by atoms with Crippen molar-refractivity contribution in [3.8, 4) is 11.3 Å². The molecule has 2 aliphatic carbocycles. The van der Waals surface area contributed by atoms with Gasteiger partial charge in [-0.05, 0) is 60.5 Å². The molecule has 0 atom stereocenters. The molecule has 2 aliphatic rings. The molecule has 192 valence electrons. The van der Waals surface area contributed by atoms with E-state index >= 15 is 0 Å². The molecule has 0 aliphatic heterocycles. The average molecular weight is 514 g/mol. The van der Waals surface area contributed by atoms with E-state index in [9.17, 15) is 9.59 Å². The number of fused-ring (bicyclic) bond motifs is 4. The van der Waals surface area contributed by atoms with Gasteiger partial charge < -0.3 is 16.0 Å². The molecule has 5 aromatic rings. The van der Waals surface area contributed by atoms with Gasteiger partial charge in [-0.1, -0.05) is 36.4 Å². The van der Waals surface area contributed by atoms with E-state index < -0.39 is 0 Å². The maximum atomic E-state index is 13.3. The highest BCUT2D eigenvalue weighted by Gasteiger charge is 2.26. The van der Waals surface area contributed by atoms with Gasteiger partial charge in [-0.15, -0.1) is 0 Å². The van der Waals surface area contributed by atoms with Crippen LogP contribution in [-0.4, -0.2) is 41.3 Å². The number of nitrogens with one attached hydrogen (secondary N) is 3. The molecule has 0 fully saturated rings. The Morgan fingerprint density at radius 2 is 1.82 bits per heavy atom. The van der Waals surface area contributed by atoms with Crippen molar-refractivity contribution in [2.24, 2.45) is 0 Å². The van der Waals surface area contributed by atoms with Gasteiger partial charge in [0.15, 0.2) is 5.78 Å². The van der Waals surface area contributed by atoms with Crippen molar-refractivity contribution < 1.29 is 9.59 Å². The number of benzene rings is 3. The molecular formula is C32H27N5O2. The van der Waals surface area contributed by atoms with Crippen molar-refractivity contribution in [1.29, 1.82) is 0 Å². The summed E-state index contributed by atoms with van der Waals surface area (Å²) in [6.45, 7) is 1.50. The van der Waals surface area contributed by atoms with E-state index in [-0.39, 0.29) is 18.2 Å². The Morgan fingerprint density at radius 3 is 2.77 bits per heavy atom. The summed E-state index contributed by atoms with van der Waals surface area (Å²) in [5, 5.41) is 12.8. The standard InChI is InChI=1S/C32H27N5O2/c38-28(18-33-15-16-35-30-22-6-1-2-9-26(22)37-27-10-4-7-23(27)30)36-20-11-12-21-25(17-20)32(39)24-8-3-5-19-13-14-34-31(21)29(19)24/h1-3,5-6,8-9,11-14,17,33H,4,7,10,15-16,18H2,(H,35,37)(H,36,38). The lowest BCUT2D eigenvalue weighted by molar-refractivity contribution is -0.115. The quantitative estimate of drug-likeness (QED) is 0.256. The number of para-hydroxylation sites is 1. The van der Waals surface area contributed by atoms with E-state index in [0.29, 0.717) is 29.9 Å². The van der Waals surface area contributed by atoms with Crippen LogP contribution in [0, 0.1) is 0 Å². The molecule has 39 heavy (non-hydrogen) atoms. The van der Waals surface area contributed by atoms with Crippen molar-refractivity contribution in [2.75, 3.05) is 30.3 Å². The molecule has 7 rings (SSSR count). The number of amides is 1. The van der Waals surface area contributed by atoms with Crippen LogP contribution in [0.5, 0.6) is 0 Å². The van der Waals surface area contributed by atoms with E-state index in [1.165, 1.54) is 16.9 Å². The summed E-state index contributed by atoms with van der Waals surface area (Å²) in [6, 6.07) is 21.3. The van der Waals surface area contributed by atoms with Gasteiger partial charge in [0, 0.05) is 63.8 Å².